The molecule has 0 saturated carbocycles. The van der Waals surface area contributed by atoms with E-state index in [4.69, 9.17) is 0 Å². The average molecular weight is 393 g/mol. The Balaban J connectivity index is 2.05. The summed E-state index contributed by atoms with van der Waals surface area (Å²) in [6.45, 7) is 8.28. The lowest BCUT2D eigenvalue weighted by Crippen LogP contribution is -2.29. The van der Waals surface area contributed by atoms with Crippen molar-refractivity contribution >= 4 is 27.5 Å². The Labute approximate surface area is 151 Å². The average Bonchev–Trinajstić information content (AvgIpc) is 2.55. The van der Waals surface area contributed by atoms with Crippen LogP contribution in [0.3, 0.4) is 0 Å². The molecule has 24 heavy (non-hydrogen) atoms. The van der Waals surface area contributed by atoms with Crippen LogP contribution in [0.1, 0.15) is 36.7 Å². The van der Waals surface area contributed by atoms with Crippen LogP contribution in [-0.4, -0.2) is 23.4 Å². The van der Waals surface area contributed by atoms with Crippen LogP contribution in [0.15, 0.2) is 46.9 Å². The number of carbonyl (C=O) groups excluding carboxylic acids is 1. The molecule has 0 aliphatic heterocycles. The number of nitrogens with one attached hydrogen (secondary N) is 1. The highest BCUT2D eigenvalue weighted by Gasteiger charge is 2.11. The standard InChI is InChI=1S/C19H22BrFN2O/c1-4-23(13(2)3)12-14-5-7-15(8-6-14)19(24)22-18-10-9-16(20)11-17(18)21/h5-11,13H,4,12H2,1-3H3,(H,22,24). The topological polar surface area (TPSA) is 32.3 Å². The van der Waals surface area contributed by atoms with Crippen molar-refractivity contribution in [2.75, 3.05) is 11.9 Å². The summed E-state index contributed by atoms with van der Waals surface area (Å²) in [5, 5.41) is 2.60. The Bertz CT molecular complexity index is 701. The van der Waals surface area contributed by atoms with Gasteiger partial charge < -0.3 is 5.32 Å². The fourth-order valence-electron chi connectivity index (χ4n) is 2.44. The van der Waals surface area contributed by atoms with Gasteiger partial charge in [0.25, 0.3) is 5.91 Å². The van der Waals surface area contributed by atoms with Gasteiger partial charge in [0.05, 0.1) is 5.69 Å². The zero-order chi connectivity index (χ0) is 17.7. The summed E-state index contributed by atoms with van der Waals surface area (Å²) in [6, 6.07) is 12.4. The number of halogens is 2. The van der Waals surface area contributed by atoms with Crippen molar-refractivity contribution in [3.63, 3.8) is 0 Å². The molecule has 0 aliphatic carbocycles. The Morgan fingerprint density at radius 3 is 2.42 bits per heavy atom. The number of anilines is 1. The maximum atomic E-state index is 13.8. The molecular weight excluding hydrogens is 371 g/mol. The predicted molar refractivity (Wildman–Crippen MR) is 99.7 cm³/mol. The zero-order valence-electron chi connectivity index (χ0n) is 14.1. The van der Waals surface area contributed by atoms with E-state index >= 15 is 0 Å². The van der Waals surface area contributed by atoms with Crippen LogP contribution in [0, 0.1) is 5.82 Å². The molecule has 2 rings (SSSR count). The highest BCUT2D eigenvalue weighted by atomic mass is 79.9. The van der Waals surface area contributed by atoms with Gasteiger partial charge in [0.1, 0.15) is 5.82 Å². The van der Waals surface area contributed by atoms with Gasteiger partial charge in [-0.25, -0.2) is 4.39 Å². The first-order chi connectivity index (χ1) is 11.4. The van der Waals surface area contributed by atoms with Crippen LogP contribution in [-0.2, 0) is 6.54 Å². The molecule has 0 atom stereocenters. The Morgan fingerprint density at radius 1 is 1.21 bits per heavy atom. The molecule has 0 radical (unpaired) electrons. The van der Waals surface area contributed by atoms with Crippen molar-refractivity contribution in [3.05, 3.63) is 63.9 Å². The van der Waals surface area contributed by atoms with Crippen molar-refractivity contribution in [2.45, 2.75) is 33.4 Å². The van der Waals surface area contributed by atoms with Crippen molar-refractivity contribution in [1.82, 2.24) is 4.90 Å². The Hall–Kier alpha value is -1.72. The van der Waals surface area contributed by atoms with E-state index in [1.54, 1.807) is 18.2 Å². The molecule has 0 unspecified atom stereocenters. The maximum Gasteiger partial charge on any atom is 0.255 e. The second-order valence-corrected chi connectivity index (χ2v) is 6.85. The number of benzene rings is 2. The van der Waals surface area contributed by atoms with E-state index in [0.717, 1.165) is 18.7 Å². The van der Waals surface area contributed by atoms with Crippen molar-refractivity contribution in [1.29, 1.82) is 0 Å². The van der Waals surface area contributed by atoms with Crippen LogP contribution in [0.2, 0.25) is 0 Å². The fraction of sp³-hybridized carbons (Fsp3) is 0.316. The minimum atomic E-state index is -0.468. The van der Waals surface area contributed by atoms with Gasteiger partial charge in [0.2, 0.25) is 0 Å². The molecule has 0 heterocycles. The van der Waals surface area contributed by atoms with Gasteiger partial charge in [0, 0.05) is 22.6 Å². The van der Waals surface area contributed by atoms with Crippen molar-refractivity contribution in [3.8, 4) is 0 Å². The van der Waals surface area contributed by atoms with E-state index in [0.29, 0.717) is 16.1 Å². The third-order valence-electron chi connectivity index (χ3n) is 3.92. The molecule has 0 saturated heterocycles. The van der Waals surface area contributed by atoms with Gasteiger partial charge in [-0.2, -0.15) is 0 Å². The van der Waals surface area contributed by atoms with E-state index in [1.165, 1.54) is 12.1 Å². The second-order valence-electron chi connectivity index (χ2n) is 5.93. The van der Waals surface area contributed by atoms with E-state index in [9.17, 15) is 9.18 Å². The molecule has 2 aromatic rings. The van der Waals surface area contributed by atoms with Gasteiger partial charge in [-0.3, -0.25) is 9.69 Å². The summed E-state index contributed by atoms with van der Waals surface area (Å²) in [5.41, 5.74) is 1.83. The smallest absolute Gasteiger partial charge is 0.255 e. The molecular formula is C19H22BrFN2O. The van der Waals surface area contributed by atoms with Crippen LogP contribution in [0.25, 0.3) is 0 Å². The largest absolute Gasteiger partial charge is 0.319 e. The van der Waals surface area contributed by atoms with E-state index in [1.807, 2.05) is 12.1 Å². The van der Waals surface area contributed by atoms with Gasteiger partial charge >= 0.3 is 0 Å². The number of rotatable bonds is 6. The first-order valence-electron chi connectivity index (χ1n) is 8.00. The van der Waals surface area contributed by atoms with Gasteiger partial charge in [0.15, 0.2) is 0 Å². The zero-order valence-corrected chi connectivity index (χ0v) is 15.7. The molecule has 2 aromatic carbocycles. The van der Waals surface area contributed by atoms with E-state index in [2.05, 4.69) is 46.9 Å². The first kappa shape index (κ1) is 18.6. The monoisotopic (exact) mass is 392 g/mol. The number of carbonyl (C=O) groups is 1. The van der Waals surface area contributed by atoms with Crippen molar-refractivity contribution in [2.24, 2.45) is 0 Å². The lowest BCUT2D eigenvalue weighted by atomic mass is 10.1. The molecule has 3 nitrogen and oxygen atoms in total. The lowest BCUT2D eigenvalue weighted by Gasteiger charge is -2.24. The van der Waals surface area contributed by atoms with Crippen LogP contribution < -0.4 is 5.32 Å². The number of nitrogens with zero attached hydrogens (tertiary/aromatic N) is 1. The highest BCUT2D eigenvalue weighted by molar-refractivity contribution is 9.10. The van der Waals surface area contributed by atoms with Crippen LogP contribution >= 0.6 is 15.9 Å². The summed E-state index contributed by atoms with van der Waals surface area (Å²) >= 11 is 3.19. The molecule has 1 amide bonds. The van der Waals surface area contributed by atoms with Crippen LogP contribution in [0.4, 0.5) is 10.1 Å². The molecule has 0 bridgehead atoms. The third kappa shape index (κ3) is 4.89. The first-order valence-corrected chi connectivity index (χ1v) is 8.79. The molecule has 0 spiro atoms. The number of hydrogen-bond acceptors (Lipinski definition) is 2. The number of hydrogen-bond donors (Lipinski definition) is 1. The van der Waals surface area contributed by atoms with E-state index < -0.39 is 5.82 Å². The summed E-state index contributed by atoms with van der Waals surface area (Å²) < 4.78 is 14.4. The van der Waals surface area contributed by atoms with Gasteiger partial charge in [-0.05, 0) is 56.3 Å². The molecule has 5 heteroatoms. The second kappa shape index (κ2) is 8.40. The van der Waals surface area contributed by atoms with Gasteiger partial charge in [-0.1, -0.05) is 35.0 Å². The highest BCUT2D eigenvalue weighted by Crippen LogP contribution is 2.20. The minimum absolute atomic E-state index is 0.171. The minimum Gasteiger partial charge on any atom is -0.319 e. The normalized spacial score (nSPS) is 11.1. The summed E-state index contributed by atoms with van der Waals surface area (Å²) in [4.78, 5) is 14.6. The summed E-state index contributed by atoms with van der Waals surface area (Å²) in [6.07, 6.45) is 0. The summed E-state index contributed by atoms with van der Waals surface area (Å²) in [5.74, 6) is -0.788. The van der Waals surface area contributed by atoms with Crippen molar-refractivity contribution < 1.29 is 9.18 Å². The Morgan fingerprint density at radius 2 is 1.88 bits per heavy atom. The molecule has 0 fully saturated rings. The fourth-order valence-corrected chi connectivity index (χ4v) is 2.77. The molecule has 1 N–H and O–H groups in total. The third-order valence-corrected chi connectivity index (χ3v) is 4.41. The van der Waals surface area contributed by atoms with Gasteiger partial charge in [-0.15, -0.1) is 0 Å². The Kier molecular flexibility index (Phi) is 6.52. The molecule has 0 aromatic heterocycles. The molecule has 128 valence electrons. The van der Waals surface area contributed by atoms with Crippen LogP contribution in [0.5, 0.6) is 0 Å². The SMILES string of the molecule is CCN(Cc1ccc(C(=O)Nc2ccc(Br)cc2F)cc1)C(C)C. The number of amides is 1. The summed E-state index contributed by atoms with van der Waals surface area (Å²) in [7, 11) is 0. The predicted octanol–water partition coefficient (Wildman–Crippen LogP) is 5.07. The molecule has 0 aliphatic rings. The maximum absolute atomic E-state index is 13.8. The lowest BCUT2D eigenvalue weighted by molar-refractivity contribution is 0.102. The van der Waals surface area contributed by atoms with E-state index in [-0.39, 0.29) is 11.6 Å². The quantitative estimate of drug-likeness (QED) is 0.743.